The van der Waals surface area contributed by atoms with Crippen LogP contribution in [-0.2, 0) is 0 Å². The highest BCUT2D eigenvalue weighted by atomic mass is 79.9. The summed E-state index contributed by atoms with van der Waals surface area (Å²) in [5.41, 5.74) is 2.16. The van der Waals surface area contributed by atoms with Gasteiger partial charge in [0.15, 0.2) is 0 Å². The molecule has 2 rings (SSSR count). The fourth-order valence-electron chi connectivity index (χ4n) is 1.43. The number of anilines is 2. The Balaban J connectivity index is 2.40. The predicted octanol–water partition coefficient (Wildman–Crippen LogP) is 4.72. The largest absolute Gasteiger partial charge is 0.353 e. The number of para-hydroxylation sites is 1. The summed E-state index contributed by atoms with van der Waals surface area (Å²) in [4.78, 5) is 0. The Kier molecular flexibility index (Phi) is 3.68. The number of nitrogens with one attached hydrogen (secondary N) is 1. The smallest absolute Gasteiger partial charge is 0.101 e. The van der Waals surface area contributed by atoms with Crippen molar-refractivity contribution in [1.82, 2.24) is 0 Å². The van der Waals surface area contributed by atoms with E-state index < -0.39 is 0 Å². The molecule has 0 unspecified atom stereocenters. The average molecular weight is 308 g/mol. The van der Waals surface area contributed by atoms with E-state index in [0.29, 0.717) is 16.3 Å². The first-order valence-corrected chi connectivity index (χ1v) is 6.09. The number of hydrogen-bond acceptors (Lipinski definition) is 2. The number of hydrogen-bond donors (Lipinski definition) is 1. The number of nitriles is 1. The minimum Gasteiger partial charge on any atom is -0.353 e. The molecule has 0 aliphatic carbocycles. The van der Waals surface area contributed by atoms with Crippen LogP contribution < -0.4 is 5.32 Å². The molecule has 0 amide bonds. The maximum atomic E-state index is 9.01. The normalized spacial score (nSPS) is 9.71. The van der Waals surface area contributed by atoms with Gasteiger partial charge < -0.3 is 5.32 Å². The predicted molar refractivity (Wildman–Crippen MR) is 73.6 cm³/mol. The topological polar surface area (TPSA) is 35.8 Å². The Morgan fingerprint density at radius 1 is 1.12 bits per heavy atom. The van der Waals surface area contributed by atoms with Crippen LogP contribution in [0, 0.1) is 11.3 Å². The highest BCUT2D eigenvalue weighted by molar-refractivity contribution is 9.10. The third kappa shape index (κ3) is 2.79. The quantitative estimate of drug-likeness (QED) is 0.871. The van der Waals surface area contributed by atoms with Gasteiger partial charge in [-0.15, -0.1) is 0 Å². The Morgan fingerprint density at radius 3 is 2.59 bits per heavy atom. The van der Waals surface area contributed by atoms with Crippen LogP contribution in [0.4, 0.5) is 11.4 Å². The SMILES string of the molecule is N#Cc1ccc(Cl)cc1Nc1ccccc1Br. The van der Waals surface area contributed by atoms with Gasteiger partial charge in [-0.05, 0) is 46.3 Å². The lowest BCUT2D eigenvalue weighted by atomic mass is 10.2. The lowest BCUT2D eigenvalue weighted by Crippen LogP contribution is -1.94. The molecule has 84 valence electrons. The van der Waals surface area contributed by atoms with E-state index in [-0.39, 0.29) is 0 Å². The summed E-state index contributed by atoms with van der Waals surface area (Å²) >= 11 is 9.36. The first kappa shape index (κ1) is 12.0. The van der Waals surface area contributed by atoms with E-state index in [2.05, 4.69) is 27.3 Å². The molecular weight excluding hydrogens is 300 g/mol. The van der Waals surface area contributed by atoms with Gasteiger partial charge in [0.25, 0.3) is 0 Å². The second-order valence-corrected chi connectivity index (χ2v) is 4.70. The minimum atomic E-state index is 0.560. The van der Waals surface area contributed by atoms with Crippen LogP contribution in [0.15, 0.2) is 46.9 Å². The van der Waals surface area contributed by atoms with Gasteiger partial charge in [-0.3, -0.25) is 0 Å². The molecule has 2 aromatic rings. The summed E-state index contributed by atoms with van der Waals surface area (Å²) in [6.45, 7) is 0. The van der Waals surface area contributed by atoms with Gasteiger partial charge in [0.1, 0.15) is 6.07 Å². The first-order valence-electron chi connectivity index (χ1n) is 4.92. The third-order valence-electron chi connectivity index (χ3n) is 2.25. The molecule has 0 aliphatic heterocycles. The molecule has 0 saturated carbocycles. The Labute approximate surface area is 113 Å². The zero-order valence-corrected chi connectivity index (χ0v) is 11.1. The van der Waals surface area contributed by atoms with Crippen molar-refractivity contribution in [3.63, 3.8) is 0 Å². The molecule has 0 saturated heterocycles. The molecule has 0 radical (unpaired) electrons. The van der Waals surface area contributed by atoms with Crippen molar-refractivity contribution >= 4 is 38.9 Å². The molecule has 0 atom stereocenters. The van der Waals surface area contributed by atoms with Crippen molar-refractivity contribution in [3.05, 3.63) is 57.5 Å². The second-order valence-electron chi connectivity index (χ2n) is 3.41. The van der Waals surface area contributed by atoms with Crippen molar-refractivity contribution in [1.29, 1.82) is 5.26 Å². The monoisotopic (exact) mass is 306 g/mol. The number of halogens is 2. The van der Waals surface area contributed by atoms with Gasteiger partial charge in [-0.1, -0.05) is 23.7 Å². The van der Waals surface area contributed by atoms with Crippen LogP contribution >= 0.6 is 27.5 Å². The van der Waals surface area contributed by atoms with Crippen molar-refractivity contribution in [2.24, 2.45) is 0 Å². The molecule has 0 bridgehead atoms. The zero-order chi connectivity index (χ0) is 12.3. The molecule has 0 heterocycles. The Hall–Kier alpha value is -1.50. The molecule has 0 aliphatic rings. The summed E-state index contributed by atoms with van der Waals surface area (Å²) in [6, 6.07) is 15.0. The van der Waals surface area contributed by atoms with Crippen LogP contribution in [0.1, 0.15) is 5.56 Å². The number of rotatable bonds is 2. The zero-order valence-electron chi connectivity index (χ0n) is 8.74. The van der Waals surface area contributed by atoms with Crippen LogP contribution in [0.2, 0.25) is 5.02 Å². The molecule has 1 N–H and O–H groups in total. The summed E-state index contributed by atoms with van der Waals surface area (Å²) in [5, 5.41) is 12.8. The van der Waals surface area contributed by atoms with Gasteiger partial charge in [-0.25, -0.2) is 0 Å². The van der Waals surface area contributed by atoms with E-state index in [0.717, 1.165) is 10.2 Å². The van der Waals surface area contributed by atoms with Crippen LogP contribution in [0.3, 0.4) is 0 Å². The van der Waals surface area contributed by atoms with Gasteiger partial charge in [0.05, 0.1) is 16.9 Å². The molecule has 0 aromatic heterocycles. The van der Waals surface area contributed by atoms with E-state index in [9.17, 15) is 0 Å². The van der Waals surface area contributed by atoms with Crippen LogP contribution in [-0.4, -0.2) is 0 Å². The van der Waals surface area contributed by atoms with Crippen molar-refractivity contribution in [2.45, 2.75) is 0 Å². The molecular formula is C13H8BrClN2. The van der Waals surface area contributed by atoms with E-state index in [4.69, 9.17) is 16.9 Å². The highest BCUT2D eigenvalue weighted by Crippen LogP contribution is 2.28. The third-order valence-corrected chi connectivity index (χ3v) is 3.17. The minimum absolute atomic E-state index is 0.560. The number of benzene rings is 2. The van der Waals surface area contributed by atoms with Crippen molar-refractivity contribution < 1.29 is 0 Å². The van der Waals surface area contributed by atoms with Gasteiger partial charge >= 0.3 is 0 Å². The lowest BCUT2D eigenvalue weighted by molar-refractivity contribution is 1.45. The second kappa shape index (κ2) is 5.22. The Bertz CT molecular complexity index is 590. The molecule has 0 spiro atoms. The van der Waals surface area contributed by atoms with Crippen molar-refractivity contribution in [3.8, 4) is 6.07 Å². The lowest BCUT2D eigenvalue weighted by Gasteiger charge is -2.10. The molecule has 17 heavy (non-hydrogen) atoms. The average Bonchev–Trinajstić information content (AvgIpc) is 2.32. The maximum absolute atomic E-state index is 9.01. The first-order chi connectivity index (χ1) is 8.20. The fourth-order valence-corrected chi connectivity index (χ4v) is 1.98. The summed E-state index contributed by atoms with van der Waals surface area (Å²) < 4.78 is 0.934. The number of nitrogens with zero attached hydrogens (tertiary/aromatic N) is 1. The van der Waals surface area contributed by atoms with Gasteiger partial charge in [0.2, 0.25) is 0 Å². The van der Waals surface area contributed by atoms with Crippen LogP contribution in [0.25, 0.3) is 0 Å². The van der Waals surface area contributed by atoms with E-state index >= 15 is 0 Å². The summed E-state index contributed by atoms with van der Waals surface area (Å²) in [7, 11) is 0. The van der Waals surface area contributed by atoms with Crippen LogP contribution in [0.5, 0.6) is 0 Å². The summed E-state index contributed by atoms with van der Waals surface area (Å²) in [5.74, 6) is 0. The fraction of sp³-hybridized carbons (Fsp3) is 0. The molecule has 4 heteroatoms. The Morgan fingerprint density at radius 2 is 1.88 bits per heavy atom. The van der Waals surface area contributed by atoms with Crippen molar-refractivity contribution in [2.75, 3.05) is 5.32 Å². The maximum Gasteiger partial charge on any atom is 0.101 e. The summed E-state index contributed by atoms with van der Waals surface area (Å²) in [6.07, 6.45) is 0. The van der Waals surface area contributed by atoms with E-state index in [1.54, 1.807) is 18.2 Å². The molecule has 0 fully saturated rings. The van der Waals surface area contributed by atoms with E-state index in [1.165, 1.54) is 0 Å². The highest BCUT2D eigenvalue weighted by Gasteiger charge is 2.05. The van der Waals surface area contributed by atoms with Gasteiger partial charge in [0, 0.05) is 9.50 Å². The standard InChI is InChI=1S/C13H8BrClN2/c14-11-3-1-2-4-12(11)17-13-7-10(15)6-5-9(13)8-16/h1-7,17H. The van der Waals surface area contributed by atoms with Gasteiger partial charge in [-0.2, -0.15) is 5.26 Å². The van der Waals surface area contributed by atoms with E-state index in [1.807, 2.05) is 24.3 Å². The molecule has 2 aromatic carbocycles. The molecule has 2 nitrogen and oxygen atoms in total.